The van der Waals surface area contributed by atoms with Crippen LogP contribution in [-0.4, -0.2) is 18.5 Å². The van der Waals surface area contributed by atoms with E-state index in [1.54, 1.807) is 18.2 Å². The van der Waals surface area contributed by atoms with Gasteiger partial charge >= 0.3 is 0 Å². The summed E-state index contributed by atoms with van der Waals surface area (Å²) in [7, 11) is -4.08. The molecule has 2 N–H and O–H groups in total. The summed E-state index contributed by atoms with van der Waals surface area (Å²) >= 11 is 0. The van der Waals surface area contributed by atoms with Gasteiger partial charge in [-0.15, -0.1) is 0 Å². The van der Waals surface area contributed by atoms with Gasteiger partial charge in [0.1, 0.15) is 22.7 Å². The Labute approximate surface area is 137 Å². The van der Waals surface area contributed by atoms with Crippen molar-refractivity contribution in [1.82, 2.24) is 4.98 Å². The van der Waals surface area contributed by atoms with Crippen molar-refractivity contribution in [2.45, 2.75) is 11.8 Å². The molecule has 8 heteroatoms. The molecule has 0 spiro atoms. The monoisotopic (exact) mass is 348 g/mol. The van der Waals surface area contributed by atoms with Gasteiger partial charge in [-0.25, -0.2) is 17.8 Å². The summed E-state index contributed by atoms with van der Waals surface area (Å²) in [4.78, 5) is 3.63. The van der Waals surface area contributed by atoms with Crippen molar-refractivity contribution in [3.63, 3.8) is 0 Å². The molecular weight excluding hydrogens is 335 g/mol. The highest BCUT2D eigenvalue weighted by Crippen LogP contribution is 2.29. The first kappa shape index (κ1) is 16.0. The van der Waals surface area contributed by atoms with Crippen LogP contribution in [0.15, 0.2) is 58.2 Å². The first-order valence-corrected chi connectivity index (χ1v) is 8.37. The smallest absolute Gasteiger partial charge is 0.265 e. The molecule has 1 heterocycles. The summed E-state index contributed by atoms with van der Waals surface area (Å²) in [5.41, 5.74) is 1.74. The molecule has 24 heavy (non-hydrogen) atoms. The van der Waals surface area contributed by atoms with Gasteiger partial charge in [-0.1, -0.05) is 6.07 Å². The molecule has 124 valence electrons. The predicted octanol–water partition coefficient (Wildman–Crippen LogP) is 3.30. The molecule has 0 fully saturated rings. The standard InChI is InChI=1S/C16H13FN2O4S/c1-10-2-4-12(9-13(10)16-18-6-7-23-16)19-24(21,22)15-5-3-11(17)8-14(15)20/h2-9,19-20H,1H3. The average Bonchev–Trinajstić information content (AvgIpc) is 3.02. The fraction of sp³-hybridized carbons (Fsp3) is 0.0625. The van der Waals surface area contributed by atoms with E-state index in [1.165, 1.54) is 12.5 Å². The molecule has 0 bridgehead atoms. The third-order valence-electron chi connectivity index (χ3n) is 3.36. The van der Waals surface area contributed by atoms with E-state index in [1.807, 2.05) is 6.92 Å². The number of hydrogen-bond acceptors (Lipinski definition) is 5. The van der Waals surface area contributed by atoms with Gasteiger partial charge in [0, 0.05) is 17.3 Å². The number of benzene rings is 2. The Balaban J connectivity index is 1.97. The Hall–Kier alpha value is -2.87. The van der Waals surface area contributed by atoms with Gasteiger partial charge in [0.05, 0.1) is 6.20 Å². The molecule has 0 unspecified atom stereocenters. The van der Waals surface area contributed by atoms with Crippen LogP contribution in [0.2, 0.25) is 0 Å². The number of rotatable bonds is 4. The molecule has 1 aromatic heterocycles. The topological polar surface area (TPSA) is 92.4 Å². The number of hydrogen-bond donors (Lipinski definition) is 2. The van der Waals surface area contributed by atoms with Gasteiger partial charge in [-0.2, -0.15) is 0 Å². The van der Waals surface area contributed by atoms with Crippen LogP contribution in [-0.2, 0) is 10.0 Å². The zero-order chi connectivity index (χ0) is 17.3. The van der Waals surface area contributed by atoms with Gasteiger partial charge in [0.2, 0.25) is 5.89 Å². The highest BCUT2D eigenvalue weighted by Gasteiger charge is 2.20. The number of halogens is 1. The van der Waals surface area contributed by atoms with E-state index in [4.69, 9.17) is 4.42 Å². The maximum Gasteiger partial charge on any atom is 0.265 e. The second kappa shape index (κ2) is 5.97. The van der Waals surface area contributed by atoms with Gasteiger partial charge in [0.25, 0.3) is 10.0 Å². The molecular formula is C16H13FN2O4S. The molecule has 3 rings (SSSR count). The minimum Gasteiger partial charge on any atom is -0.506 e. The summed E-state index contributed by atoms with van der Waals surface area (Å²) in [6.45, 7) is 1.84. The van der Waals surface area contributed by atoms with Gasteiger partial charge in [0.15, 0.2) is 0 Å². The molecule has 0 amide bonds. The molecule has 2 aromatic carbocycles. The summed E-state index contributed by atoms with van der Waals surface area (Å²) < 4.78 is 45.4. The van der Waals surface area contributed by atoms with E-state index < -0.39 is 26.5 Å². The van der Waals surface area contributed by atoms with E-state index >= 15 is 0 Å². The molecule has 6 nitrogen and oxygen atoms in total. The largest absolute Gasteiger partial charge is 0.506 e. The number of phenolic OH excluding ortho intramolecular Hbond substituents is 1. The van der Waals surface area contributed by atoms with Crippen molar-refractivity contribution in [1.29, 1.82) is 0 Å². The molecule has 0 aliphatic rings. The summed E-state index contributed by atoms with van der Waals surface area (Å²) in [5.74, 6) is -1.03. The van der Waals surface area contributed by atoms with Crippen LogP contribution in [0.4, 0.5) is 10.1 Å². The number of sulfonamides is 1. The number of aromatic hydroxyl groups is 1. The second-order valence-corrected chi connectivity index (χ2v) is 6.74. The van der Waals surface area contributed by atoms with E-state index in [0.29, 0.717) is 11.5 Å². The van der Waals surface area contributed by atoms with Crippen molar-refractivity contribution < 1.29 is 22.3 Å². The zero-order valence-electron chi connectivity index (χ0n) is 12.5. The highest BCUT2D eigenvalue weighted by atomic mass is 32.2. The molecule has 0 atom stereocenters. The van der Waals surface area contributed by atoms with Crippen molar-refractivity contribution >= 4 is 15.7 Å². The third-order valence-corrected chi connectivity index (χ3v) is 4.79. The number of anilines is 1. The van der Waals surface area contributed by atoms with Crippen LogP contribution < -0.4 is 4.72 Å². The Morgan fingerprint density at radius 1 is 1.21 bits per heavy atom. The lowest BCUT2D eigenvalue weighted by atomic mass is 10.1. The molecule has 0 aliphatic heterocycles. The third kappa shape index (κ3) is 3.09. The van der Waals surface area contributed by atoms with Gasteiger partial charge < -0.3 is 9.52 Å². The minimum atomic E-state index is -4.08. The van der Waals surface area contributed by atoms with Crippen LogP contribution in [0, 0.1) is 12.7 Å². The van der Waals surface area contributed by atoms with Gasteiger partial charge in [-0.05, 0) is 36.8 Å². The minimum absolute atomic E-state index is 0.262. The van der Waals surface area contributed by atoms with Crippen LogP contribution in [0.3, 0.4) is 0 Å². The lowest BCUT2D eigenvalue weighted by Crippen LogP contribution is -2.13. The lowest BCUT2D eigenvalue weighted by Gasteiger charge is -2.11. The number of aryl methyl sites for hydroxylation is 1. The van der Waals surface area contributed by atoms with Crippen molar-refractivity contribution in [2.24, 2.45) is 0 Å². The first-order valence-electron chi connectivity index (χ1n) is 6.89. The fourth-order valence-electron chi connectivity index (χ4n) is 2.20. The second-order valence-electron chi connectivity index (χ2n) is 5.08. The molecule has 0 radical (unpaired) electrons. The molecule has 0 saturated carbocycles. The van der Waals surface area contributed by atoms with Crippen LogP contribution >= 0.6 is 0 Å². The highest BCUT2D eigenvalue weighted by molar-refractivity contribution is 7.92. The summed E-state index contributed by atoms with van der Waals surface area (Å²) in [5, 5.41) is 9.67. The van der Waals surface area contributed by atoms with Crippen molar-refractivity contribution in [3.05, 3.63) is 60.2 Å². The van der Waals surface area contributed by atoms with Crippen molar-refractivity contribution in [3.8, 4) is 17.2 Å². The number of phenols is 1. The number of nitrogens with one attached hydrogen (secondary N) is 1. The lowest BCUT2D eigenvalue weighted by molar-refractivity contribution is 0.453. The molecule has 0 aliphatic carbocycles. The Bertz CT molecular complexity index is 985. The zero-order valence-corrected chi connectivity index (χ0v) is 13.3. The molecule has 0 saturated heterocycles. The number of aromatic nitrogens is 1. The number of oxazole rings is 1. The molecule has 3 aromatic rings. The fourth-order valence-corrected chi connectivity index (χ4v) is 3.33. The quantitative estimate of drug-likeness (QED) is 0.755. The van der Waals surface area contributed by atoms with Crippen LogP contribution in [0.25, 0.3) is 11.5 Å². The van der Waals surface area contributed by atoms with Crippen LogP contribution in [0.5, 0.6) is 5.75 Å². The Morgan fingerprint density at radius 2 is 2.00 bits per heavy atom. The van der Waals surface area contributed by atoms with Crippen LogP contribution in [0.1, 0.15) is 5.56 Å². The van der Waals surface area contributed by atoms with E-state index in [2.05, 4.69) is 9.71 Å². The van der Waals surface area contributed by atoms with E-state index in [9.17, 15) is 17.9 Å². The predicted molar refractivity (Wildman–Crippen MR) is 85.5 cm³/mol. The van der Waals surface area contributed by atoms with E-state index in [0.717, 1.165) is 23.8 Å². The summed E-state index contributed by atoms with van der Waals surface area (Å²) in [6, 6.07) is 7.54. The summed E-state index contributed by atoms with van der Waals surface area (Å²) in [6.07, 6.45) is 2.91. The van der Waals surface area contributed by atoms with Gasteiger partial charge in [-0.3, -0.25) is 4.72 Å². The Kier molecular flexibility index (Phi) is 3.98. The van der Waals surface area contributed by atoms with Crippen molar-refractivity contribution in [2.75, 3.05) is 4.72 Å². The average molecular weight is 348 g/mol. The Morgan fingerprint density at radius 3 is 2.67 bits per heavy atom. The SMILES string of the molecule is Cc1ccc(NS(=O)(=O)c2ccc(F)cc2O)cc1-c1ncco1. The van der Waals surface area contributed by atoms with E-state index in [-0.39, 0.29) is 5.69 Å². The normalized spacial score (nSPS) is 11.4. The maximum atomic E-state index is 13.0. The number of nitrogens with zero attached hydrogens (tertiary/aromatic N) is 1. The first-order chi connectivity index (χ1) is 11.4. The maximum absolute atomic E-state index is 13.0.